The van der Waals surface area contributed by atoms with Crippen molar-refractivity contribution in [2.24, 2.45) is 0 Å². The molecular formula is C50H30O. The maximum absolute atomic E-state index is 10.1. The van der Waals surface area contributed by atoms with Gasteiger partial charge in [-0.05, 0) is 100.0 Å². The summed E-state index contributed by atoms with van der Waals surface area (Å²) in [5.74, 6) is 0. The lowest BCUT2D eigenvalue weighted by Crippen LogP contribution is -1.92. The third-order valence-corrected chi connectivity index (χ3v) is 8.62. The van der Waals surface area contributed by atoms with Crippen molar-refractivity contribution in [2.75, 3.05) is 0 Å². The van der Waals surface area contributed by atoms with Crippen molar-refractivity contribution in [2.45, 2.75) is 0 Å². The van der Waals surface area contributed by atoms with Crippen molar-refractivity contribution in [1.82, 2.24) is 0 Å². The third kappa shape index (κ3) is 4.16. The van der Waals surface area contributed by atoms with Gasteiger partial charge in [-0.3, -0.25) is 0 Å². The standard InChI is InChI=1S/C50H30O/c1-3-16-35-31(12-1)26-28-39-36(22-10-23-38(35)39)33-14-9-15-34(30-33)47-40-18-5-7-20-42(40)48(43-21-8-6-19-41(43)47)44-24-11-25-46-49(44)45-29-27-32-13-2-4-17-37(32)50(45)51-46/h1-30H/i1D,2D,3D,4D,5D,6D,7D,8D,9D,10D,11D,12D,13D,14D,15D,16D,17D,18D,19D,20D,21D,22D,23D,24D,25D,26D,27D,28D,29D,30D. The highest BCUT2D eigenvalue weighted by molar-refractivity contribution is 6.27. The smallest absolute Gasteiger partial charge is 0.143 e. The highest BCUT2D eigenvalue weighted by atomic mass is 16.3. The van der Waals surface area contributed by atoms with Crippen molar-refractivity contribution >= 4 is 75.8 Å². The molecule has 0 bridgehead atoms. The van der Waals surface area contributed by atoms with Gasteiger partial charge in [-0.1, -0.05) is 163 Å². The molecule has 0 radical (unpaired) electrons. The van der Waals surface area contributed by atoms with Crippen LogP contribution in [0.5, 0.6) is 0 Å². The van der Waals surface area contributed by atoms with Crippen LogP contribution in [0.1, 0.15) is 41.1 Å². The van der Waals surface area contributed by atoms with Crippen LogP contribution < -0.4 is 0 Å². The zero-order chi connectivity index (χ0) is 59.6. The third-order valence-electron chi connectivity index (χ3n) is 8.62. The van der Waals surface area contributed by atoms with Crippen LogP contribution in [0.3, 0.4) is 0 Å². The summed E-state index contributed by atoms with van der Waals surface area (Å²) >= 11 is 0. The molecule has 51 heavy (non-hydrogen) atoms. The topological polar surface area (TPSA) is 13.1 Å². The molecule has 0 aliphatic carbocycles. The van der Waals surface area contributed by atoms with E-state index in [1.807, 2.05) is 0 Å². The van der Waals surface area contributed by atoms with Gasteiger partial charge in [0, 0.05) is 16.2 Å². The summed E-state index contributed by atoms with van der Waals surface area (Å²) in [6, 6.07) is -28.6. The Balaban J connectivity index is 1.44. The number of rotatable bonds is 3. The molecule has 1 heterocycles. The summed E-state index contributed by atoms with van der Waals surface area (Å²) < 4.78 is 279. The number of fused-ring (bicyclic) bond motifs is 10. The van der Waals surface area contributed by atoms with Gasteiger partial charge in [0.25, 0.3) is 0 Å². The molecule has 0 saturated heterocycles. The summed E-state index contributed by atoms with van der Waals surface area (Å²) in [5.41, 5.74) is -6.23. The van der Waals surface area contributed by atoms with E-state index in [4.69, 9.17) is 29.1 Å². The van der Waals surface area contributed by atoms with Crippen LogP contribution in [-0.2, 0) is 0 Å². The number of hydrogen-bond donors (Lipinski definition) is 0. The Morgan fingerprint density at radius 2 is 0.863 bits per heavy atom. The van der Waals surface area contributed by atoms with E-state index < -0.39 is 290 Å². The molecule has 11 aromatic rings. The predicted octanol–water partition coefficient (Wildman–Crippen LogP) is 14.4. The largest absolute Gasteiger partial charge is 0.455 e. The van der Waals surface area contributed by atoms with Crippen LogP contribution in [0.4, 0.5) is 0 Å². The van der Waals surface area contributed by atoms with Crippen LogP contribution in [0, 0.1) is 0 Å². The number of furan rings is 1. The number of benzene rings is 10. The molecule has 0 atom stereocenters. The molecule has 0 N–H and O–H groups in total. The van der Waals surface area contributed by atoms with Gasteiger partial charge in [0.1, 0.15) is 11.2 Å². The van der Waals surface area contributed by atoms with E-state index in [0.29, 0.717) is 0 Å². The first-order valence-corrected chi connectivity index (χ1v) is 15.2. The predicted molar refractivity (Wildman–Crippen MR) is 218 cm³/mol. The summed E-state index contributed by atoms with van der Waals surface area (Å²) in [6.45, 7) is 0. The molecule has 0 aliphatic heterocycles. The lowest BCUT2D eigenvalue weighted by atomic mass is 9.84. The summed E-state index contributed by atoms with van der Waals surface area (Å²) in [5, 5.41) is -7.73. The van der Waals surface area contributed by atoms with E-state index in [1.165, 1.54) is 0 Å². The SMILES string of the molecule is [2H]c1c([2H])c(-c2c3c([2H])c([2H])c([2H])c([2H])c3c(-c3c([2H])c([2H])c([2H])c4oc5c6c([2H])c([2H])c([2H])c([2H])c6c([2H])c([2H])c5c34)c3c([2H])c([2H])c([2H])c([2H])c23)c([2H])c(-c2c([2H])c([2H])c([2H])c3c2c([2H])c([2H])c2c([2H])c([2H])c([2H])c([2H])c23)c1[2H]. The molecule has 1 heteroatoms. The second kappa shape index (κ2) is 10.9. The average Bonchev–Trinajstić information content (AvgIpc) is 4.07. The first-order valence-electron chi connectivity index (χ1n) is 30.2. The Labute approximate surface area is 336 Å². The highest BCUT2D eigenvalue weighted by Gasteiger charge is 2.21. The fourth-order valence-corrected chi connectivity index (χ4v) is 6.50. The van der Waals surface area contributed by atoms with Gasteiger partial charge in [-0.15, -0.1) is 0 Å². The maximum Gasteiger partial charge on any atom is 0.143 e. The first kappa shape index (κ1) is 11.7. The summed E-state index contributed by atoms with van der Waals surface area (Å²) in [6.07, 6.45) is 0. The van der Waals surface area contributed by atoms with Crippen LogP contribution in [-0.4, -0.2) is 0 Å². The van der Waals surface area contributed by atoms with E-state index in [-0.39, 0.29) is 0 Å². The van der Waals surface area contributed by atoms with Gasteiger partial charge < -0.3 is 4.42 Å². The summed E-state index contributed by atoms with van der Waals surface area (Å²) in [4.78, 5) is 0. The molecule has 1 nitrogen and oxygen atoms in total. The average molecular weight is 677 g/mol. The van der Waals surface area contributed by atoms with Crippen molar-refractivity contribution in [3.05, 3.63) is 181 Å². The molecule has 1 aromatic heterocycles. The molecule has 0 fully saturated rings. The van der Waals surface area contributed by atoms with E-state index in [0.717, 1.165) is 0 Å². The molecule has 0 spiro atoms. The van der Waals surface area contributed by atoms with Gasteiger partial charge in [-0.2, -0.15) is 0 Å². The maximum atomic E-state index is 10.1. The molecule has 0 aliphatic rings. The van der Waals surface area contributed by atoms with E-state index in [2.05, 4.69) is 0 Å². The molecular weight excluding hydrogens is 617 g/mol. The Morgan fingerprint density at radius 3 is 1.61 bits per heavy atom. The van der Waals surface area contributed by atoms with Gasteiger partial charge in [-0.25, -0.2) is 0 Å². The molecule has 236 valence electrons. The van der Waals surface area contributed by atoms with E-state index >= 15 is 0 Å². The minimum atomic E-state index is -1.14. The first-order chi connectivity index (χ1) is 37.8. The summed E-state index contributed by atoms with van der Waals surface area (Å²) in [7, 11) is 0. The minimum absolute atomic E-state index is 0.482. The minimum Gasteiger partial charge on any atom is -0.455 e. The monoisotopic (exact) mass is 676 g/mol. The second-order valence-corrected chi connectivity index (χ2v) is 11.3. The molecule has 11 rings (SSSR count). The normalized spacial score (nSPS) is 20.2. The van der Waals surface area contributed by atoms with Crippen LogP contribution in [0.25, 0.3) is 109 Å². The lowest BCUT2D eigenvalue weighted by Gasteiger charge is -2.19. The lowest BCUT2D eigenvalue weighted by molar-refractivity contribution is 0.673. The molecule has 0 unspecified atom stereocenters. The van der Waals surface area contributed by atoms with Crippen LogP contribution >= 0.6 is 0 Å². The van der Waals surface area contributed by atoms with Crippen molar-refractivity contribution in [1.29, 1.82) is 0 Å². The second-order valence-electron chi connectivity index (χ2n) is 11.3. The quantitative estimate of drug-likeness (QED) is 0.134. The Kier molecular flexibility index (Phi) is 2.50. The van der Waals surface area contributed by atoms with Crippen LogP contribution in [0.15, 0.2) is 186 Å². The van der Waals surface area contributed by atoms with Gasteiger partial charge in [0.15, 0.2) is 0 Å². The Hall–Kier alpha value is -6.70. The van der Waals surface area contributed by atoms with Crippen molar-refractivity contribution < 1.29 is 45.5 Å². The molecule has 10 aromatic carbocycles. The molecule has 0 saturated carbocycles. The zero-order valence-electron chi connectivity index (χ0n) is 55.4. The van der Waals surface area contributed by atoms with Gasteiger partial charge in [0.2, 0.25) is 0 Å². The van der Waals surface area contributed by atoms with E-state index in [1.54, 1.807) is 0 Å². The van der Waals surface area contributed by atoms with Gasteiger partial charge >= 0.3 is 0 Å². The zero-order valence-corrected chi connectivity index (χ0v) is 25.4. The van der Waals surface area contributed by atoms with Gasteiger partial charge in [0.05, 0.1) is 41.1 Å². The van der Waals surface area contributed by atoms with E-state index in [9.17, 15) is 16.4 Å². The Morgan fingerprint density at radius 1 is 0.333 bits per heavy atom. The van der Waals surface area contributed by atoms with Crippen LogP contribution in [0.2, 0.25) is 0 Å². The fraction of sp³-hybridized carbons (Fsp3) is 0. The van der Waals surface area contributed by atoms with Crippen molar-refractivity contribution in [3.8, 4) is 33.4 Å². The fourth-order valence-electron chi connectivity index (χ4n) is 6.50. The van der Waals surface area contributed by atoms with Crippen molar-refractivity contribution in [3.63, 3.8) is 0 Å². The Bertz CT molecular complexity index is 4850. The highest BCUT2D eigenvalue weighted by Crippen LogP contribution is 2.48. The molecule has 0 amide bonds. The number of hydrogen-bond acceptors (Lipinski definition) is 1.